The van der Waals surface area contributed by atoms with E-state index in [4.69, 9.17) is 9.47 Å². The van der Waals surface area contributed by atoms with Crippen molar-refractivity contribution in [3.63, 3.8) is 0 Å². The van der Waals surface area contributed by atoms with E-state index in [1.54, 1.807) is 36.5 Å². The van der Waals surface area contributed by atoms with Gasteiger partial charge in [0.25, 0.3) is 5.91 Å². The zero-order valence-corrected chi connectivity index (χ0v) is 14.0. The molecule has 1 N–H and O–H groups in total. The zero-order chi connectivity index (χ0) is 16.7. The van der Waals surface area contributed by atoms with E-state index >= 15 is 0 Å². The van der Waals surface area contributed by atoms with Crippen molar-refractivity contribution in [1.82, 2.24) is 4.98 Å². The maximum Gasteiger partial charge on any atom is 0.340 e. The number of amides is 1. The van der Waals surface area contributed by atoms with E-state index in [0.717, 1.165) is 5.75 Å². The van der Waals surface area contributed by atoms with Gasteiger partial charge in [-0.1, -0.05) is 0 Å². The lowest BCUT2D eigenvalue weighted by Crippen LogP contribution is -2.21. The first-order chi connectivity index (χ1) is 11.1. The van der Waals surface area contributed by atoms with Gasteiger partial charge in [-0.15, -0.1) is 0 Å². The molecular weight excluding hydrogens is 364 g/mol. The van der Waals surface area contributed by atoms with Crippen LogP contribution in [-0.4, -0.2) is 30.1 Å². The van der Waals surface area contributed by atoms with E-state index in [-0.39, 0.29) is 12.2 Å². The molecular formula is C16H15BrN2O4. The van der Waals surface area contributed by atoms with Crippen LogP contribution in [0.25, 0.3) is 0 Å². The first-order valence-corrected chi connectivity index (χ1v) is 7.68. The van der Waals surface area contributed by atoms with Crippen molar-refractivity contribution in [3.8, 4) is 5.75 Å². The number of halogens is 1. The number of aromatic nitrogens is 1. The molecule has 1 aromatic carbocycles. The fraction of sp³-hybridized carbons (Fsp3) is 0.188. The molecule has 1 heterocycles. The fourth-order valence-electron chi connectivity index (χ4n) is 1.74. The molecule has 0 aliphatic rings. The lowest BCUT2D eigenvalue weighted by molar-refractivity contribution is -0.119. The van der Waals surface area contributed by atoms with Crippen LogP contribution in [0.5, 0.6) is 5.75 Å². The number of ether oxygens (including phenoxy) is 2. The predicted octanol–water partition coefficient (Wildman–Crippen LogP) is 3.04. The molecule has 0 bridgehead atoms. The van der Waals surface area contributed by atoms with Crippen LogP contribution in [0.1, 0.15) is 17.3 Å². The van der Waals surface area contributed by atoms with Gasteiger partial charge in [0.2, 0.25) is 0 Å². The van der Waals surface area contributed by atoms with Crippen LogP contribution in [0.2, 0.25) is 0 Å². The molecule has 0 spiro atoms. The Morgan fingerprint density at radius 3 is 2.61 bits per heavy atom. The summed E-state index contributed by atoms with van der Waals surface area (Å²) < 4.78 is 10.9. The fourth-order valence-corrected chi connectivity index (χ4v) is 2.10. The molecule has 23 heavy (non-hydrogen) atoms. The molecule has 0 fully saturated rings. The number of rotatable bonds is 6. The highest BCUT2D eigenvalue weighted by atomic mass is 79.9. The van der Waals surface area contributed by atoms with Gasteiger partial charge in [0, 0.05) is 22.6 Å². The van der Waals surface area contributed by atoms with Crippen LogP contribution < -0.4 is 10.1 Å². The third kappa shape index (κ3) is 5.37. The number of carbonyl (C=O) groups is 2. The summed E-state index contributed by atoms with van der Waals surface area (Å²) >= 11 is 3.21. The Hall–Kier alpha value is -2.41. The summed E-state index contributed by atoms with van der Waals surface area (Å²) in [5.74, 6) is -0.315. The maximum absolute atomic E-state index is 11.8. The number of pyridine rings is 1. The van der Waals surface area contributed by atoms with E-state index in [1.807, 2.05) is 6.92 Å². The smallest absolute Gasteiger partial charge is 0.340 e. The average molecular weight is 379 g/mol. The second-order valence-corrected chi connectivity index (χ2v) is 5.39. The second-order valence-electron chi connectivity index (χ2n) is 4.47. The highest BCUT2D eigenvalue weighted by Crippen LogP contribution is 2.15. The number of nitrogens with zero attached hydrogens (tertiary/aromatic N) is 1. The monoisotopic (exact) mass is 378 g/mol. The quantitative estimate of drug-likeness (QED) is 0.781. The van der Waals surface area contributed by atoms with E-state index in [0.29, 0.717) is 16.8 Å². The van der Waals surface area contributed by atoms with Crippen LogP contribution >= 0.6 is 15.9 Å². The van der Waals surface area contributed by atoms with Gasteiger partial charge in [0.05, 0.1) is 12.2 Å². The number of benzene rings is 1. The van der Waals surface area contributed by atoms with Crippen molar-refractivity contribution in [3.05, 3.63) is 52.8 Å². The number of esters is 1. The molecule has 2 aromatic rings. The Morgan fingerprint density at radius 1 is 1.22 bits per heavy atom. The zero-order valence-electron chi connectivity index (χ0n) is 12.4. The normalized spacial score (nSPS) is 10.0. The Kier molecular flexibility index (Phi) is 6.10. The maximum atomic E-state index is 11.8. The number of carbonyl (C=O) groups excluding carboxylic acids is 2. The van der Waals surface area contributed by atoms with Gasteiger partial charge in [-0.25, -0.2) is 4.79 Å². The predicted molar refractivity (Wildman–Crippen MR) is 88.5 cm³/mol. The van der Waals surface area contributed by atoms with Crippen LogP contribution in [0.3, 0.4) is 0 Å². The Morgan fingerprint density at radius 2 is 1.96 bits per heavy atom. The summed E-state index contributed by atoms with van der Waals surface area (Å²) in [4.78, 5) is 27.4. The minimum absolute atomic E-state index is 0.272. The number of hydrogen-bond acceptors (Lipinski definition) is 5. The van der Waals surface area contributed by atoms with Crippen LogP contribution in [0.4, 0.5) is 5.69 Å². The molecule has 120 valence electrons. The van der Waals surface area contributed by atoms with Gasteiger partial charge in [-0.05, 0) is 53.2 Å². The number of anilines is 1. The van der Waals surface area contributed by atoms with Gasteiger partial charge in [-0.3, -0.25) is 9.78 Å². The van der Waals surface area contributed by atoms with Crippen LogP contribution in [0, 0.1) is 0 Å². The molecule has 7 heteroatoms. The molecule has 2 rings (SSSR count). The van der Waals surface area contributed by atoms with E-state index < -0.39 is 11.9 Å². The van der Waals surface area contributed by atoms with Crippen molar-refractivity contribution in [2.24, 2.45) is 0 Å². The van der Waals surface area contributed by atoms with Crippen molar-refractivity contribution >= 4 is 33.5 Å². The molecule has 0 aliphatic heterocycles. The lowest BCUT2D eigenvalue weighted by atomic mass is 10.3. The Bertz CT molecular complexity index is 689. The minimum atomic E-state index is -0.611. The minimum Gasteiger partial charge on any atom is -0.494 e. The molecule has 0 saturated heterocycles. The summed E-state index contributed by atoms with van der Waals surface area (Å²) in [6.07, 6.45) is 2.92. The molecule has 6 nitrogen and oxygen atoms in total. The summed E-state index contributed by atoms with van der Waals surface area (Å²) in [6, 6.07) is 8.49. The highest BCUT2D eigenvalue weighted by Gasteiger charge is 2.11. The number of nitrogens with one attached hydrogen (secondary N) is 1. The van der Waals surface area contributed by atoms with E-state index in [2.05, 4.69) is 26.2 Å². The van der Waals surface area contributed by atoms with Gasteiger partial charge >= 0.3 is 5.97 Å². The first-order valence-electron chi connectivity index (χ1n) is 6.89. The molecule has 1 amide bonds. The molecule has 0 unspecified atom stereocenters. The largest absolute Gasteiger partial charge is 0.494 e. The highest BCUT2D eigenvalue weighted by molar-refractivity contribution is 9.10. The van der Waals surface area contributed by atoms with Crippen molar-refractivity contribution in [2.75, 3.05) is 18.5 Å². The van der Waals surface area contributed by atoms with Gasteiger partial charge in [0.15, 0.2) is 6.61 Å². The van der Waals surface area contributed by atoms with Gasteiger partial charge < -0.3 is 14.8 Å². The summed E-state index contributed by atoms with van der Waals surface area (Å²) in [5, 5.41) is 2.63. The SMILES string of the molecule is CCOc1ccc(NC(=O)COC(=O)c2cncc(Br)c2)cc1. The molecule has 0 radical (unpaired) electrons. The Labute approximate surface area is 142 Å². The third-order valence-corrected chi connectivity index (χ3v) is 3.16. The summed E-state index contributed by atoms with van der Waals surface area (Å²) in [5.41, 5.74) is 0.867. The topological polar surface area (TPSA) is 77.5 Å². The van der Waals surface area contributed by atoms with E-state index in [1.165, 1.54) is 6.20 Å². The van der Waals surface area contributed by atoms with Crippen molar-refractivity contribution in [2.45, 2.75) is 6.92 Å². The van der Waals surface area contributed by atoms with Crippen LogP contribution in [-0.2, 0) is 9.53 Å². The molecule has 1 aromatic heterocycles. The third-order valence-electron chi connectivity index (χ3n) is 2.72. The average Bonchev–Trinajstić information content (AvgIpc) is 2.55. The van der Waals surface area contributed by atoms with Crippen LogP contribution in [0.15, 0.2) is 47.2 Å². The second kappa shape index (κ2) is 8.28. The summed E-state index contributed by atoms with van der Waals surface area (Å²) in [7, 11) is 0. The lowest BCUT2D eigenvalue weighted by Gasteiger charge is -2.08. The molecule has 0 atom stereocenters. The molecule has 0 saturated carbocycles. The summed E-state index contributed by atoms with van der Waals surface area (Å²) in [6.45, 7) is 2.09. The standard InChI is InChI=1S/C16H15BrN2O4/c1-2-22-14-5-3-13(4-6-14)19-15(20)10-23-16(21)11-7-12(17)9-18-8-11/h3-9H,2,10H2,1H3,(H,19,20). The number of hydrogen-bond donors (Lipinski definition) is 1. The van der Waals surface area contributed by atoms with E-state index in [9.17, 15) is 9.59 Å². The Balaban J connectivity index is 1.84. The van der Waals surface area contributed by atoms with Crippen molar-refractivity contribution in [1.29, 1.82) is 0 Å². The first kappa shape index (κ1) is 17.0. The van der Waals surface area contributed by atoms with Gasteiger partial charge in [0.1, 0.15) is 5.75 Å². The van der Waals surface area contributed by atoms with Crippen molar-refractivity contribution < 1.29 is 19.1 Å². The molecule has 0 aliphatic carbocycles. The van der Waals surface area contributed by atoms with Gasteiger partial charge in [-0.2, -0.15) is 0 Å².